The largest absolute Gasteiger partial charge is 0.396 e. The second-order valence-electron chi connectivity index (χ2n) is 4.50. The van der Waals surface area contributed by atoms with Gasteiger partial charge in [0.15, 0.2) is 0 Å². The lowest BCUT2D eigenvalue weighted by Gasteiger charge is -2.28. The molecule has 0 aliphatic heterocycles. The molecule has 2 nitrogen and oxygen atoms in total. The van der Waals surface area contributed by atoms with Crippen LogP contribution in [0.3, 0.4) is 0 Å². The van der Waals surface area contributed by atoms with Gasteiger partial charge in [-0.15, -0.1) is 0 Å². The first-order valence-electron chi connectivity index (χ1n) is 6.57. The Hall–Kier alpha value is -0.0800. The Kier molecular flexibility index (Phi) is 10.4. The number of aliphatic hydroxyl groups is 1. The molecule has 0 radical (unpaired) electrons. The van der Waals surface area contributed by atoms with Gasteiger partial charge >= 0.3 is 0 Å². The van der Waals surface area contributed by atoms with Crippen LogP contribution in [0.25, 0.3) is 0 Å². The average molecular weight is 215 g/mol. The number of unbranched alkanes of at least 4 members (excludes halogenated alkanes) is 2. The van der Waals surface area contributed by atoms with E-state index in [9.17, 15) is 0 Å². The Morgan fingerprint density at radius 3 is 1.93 bits per heavy atom. The molecule has 0 saturated carbocycles. The molecule has 0 fully saturated rings. The van der Waals surface area contributed by atoms with E-state index < -0.39 is 0 Å². The van der Waals surface area contributed by atoms with Crippen LogP contribution in [-0.2, 0) is 0 Å². The molecule has 0 aromatic carbocycles. The van der Waals surface area contributed by atoms with Crippen LogP contribution in [0.5, 0.6) is 0 Å². The summed E-state index contributed by atoms with van der Waals surface area (Å²) in [5, 5.41) is 8.82. The highest BCUT2D eigenvalue weighted by Crippen LogP contribution is 2.14. The molecule has 0 atom stereocenters. The highest BCUT2D eigenvalue weighted by molar-refractivity contribution is 4.68. The summed E-state index contributed by atoms with van der Waals surface area (Å²) < 4.78 is 0. The zero-order valence-electron chi connectivity index (χ0n) is 10.8. The first kappa shape index (κ1) is 14.9. The molecule has 0 bridgehead atoms. The molecular formula is C13H29NO. The fraction of sp³-hybridized carbons (Fsp3) is 1.00. The van der Waals surface area contributed by atoms with Gasteiger partial charge in [-0.1, -0.05) is 39.5 Å². The summed E-state index contributed by atoms with van der Waals surface area (Å²) in [4.78, 5) is 2.43. The molecule has 0 rings (SSSR count). The number of rotatable bonds is 10. The summed E-state index contributed by atoms with van der Waals surface area (Å²) in [5.74, 6) is 0. The van der Waals surface area contributed by atoms with Gasteiger partial charge < -0.3 is 10.0 Å². The van der Waals surface area contributed by atoms with E-state index in [1.54, 1.807) is 0 Å². The number of hydrogen-bond donors (Lipinski definition) is 1. The van der Waals surface area contributed by atoms with E-state index in [0.29, 0.717) is 6.61 Å². The van der Waals surface area contributed by atoms with E-state index in [1.165, 1.54) is 38.5 Å². The third-order valence-corrected chi connectivity index (χ3v) is 3.07. The van der Waals surface area contributed by atoms with Crippen LogP contribution in [0.2, 0.25) is 0 Å². The third kappa shape index (κ3) is 7.80. The summed E-state index contributed by atoms with van der Waals surface area (Å²) in [7, 11) is 2.20. The number of aliphatic hydroxyl groups excluding tert-OH is 1. The molecule has 0 aliphatic carbocycles. The predicted molar refractivity (Wildman–Crippen MR) is 67.2 cm³/mol. The highest BCUT2D eigenvalue weighted by atomic mass is 16.3. The van der Waals surface area contributed by atoms with Gasteiger partial charge in [0.1, 0.15) is 0 Å². The van der Waals surface area contributed by atoms with Crippen molar-refractivity contribution < 1.29 is 5.11 Å². The highest BCUT2D eigenvalue weighted by Gasteiger charge is 2.12. The predicted octanol–water partition coefficient (Wildman–Crippen LogP) is 3.05. The van der Waals surface area contributed by atoms with Crippen molar-refractivity contribution in [2.45, 2.75) is 64.8 Å². The summed E-state index contributed by atoms with van der Waals surface area (Å²) in [5.41, 5.74) is 0. The van der Waals surface area contributed by atoms with Crippen LogP contribution >= 0.6 is 0 Å². The lowest BCUT2D eigenvalue weighted by atomic mass is 10.0. The number of nitrogens with zero attached hydrogens (tertiary/aromatic N) is 1. The van der Waals surface area contributed by atoms with E-state index >= 15 is 0 Å². The van der Waals surface area contributed by atoms with Gasteiger partial charge in [-0.05, 0) is 26.3 Å². The molecule has 0 amide bonds. The maximum Gasteiger partial charge on any atom is 0.0443 e. The molecule has 0 aromatic rings. The van der Waals surface area contributed by atoms with E-state index in [0.717, 1.165) is 19.0 Å². The van der Waals surface area contributed by atoms with Crippen LogP contribution in [0.15, 0.2) is 0 Å². The van der Waals surface area contributed by atoms with Crippen molar-refractivity contribution in [1.29, 1.82) is 0 Å². The molecular weight excluding hydrogens is 186 g/mol. The van der Waals surface area contributed by atoms with Crippen LogP contribution in [0, 0.1) is 0 Å². The number of hydrogen-bond acceptors (Lipinski definition) is 2. The standard InChI is InChI=1S/C13H29NO/c1-4-6-9-13(10-7-5-2)14(3)11-8-12-15/h13,15H,4-12H2,1-3H3. The van der Waals surface area contributed by atoms with Crippen molar-refractivity contribution in [2.24, 2.45) is 0 Å². The Morgan fingerprint density at radius 2 is 1.53 bits per heavy atom. The van der Waals surface area contributed by atoms with Crippen molar-refractivity contribution >= 4 is 0 Å². The van der Waals surface area contributed by atoms with Gasteiger partial charge in [-0.25, -0.2) is 0 Å². The fourth-order valence-corrected chi connectivity index (χ4v) is 1.97. The molecule has 0 spiro atoms. The van der Waals surface area contributed by atoms with Gasteiger partial charge in [0.2, 0.25) is 0 Å². The first-order chi connectivity index (χ1) is 7.26. The Labute approximate surface area is 95.7 Å². The van der Waals surface area contributed by atoms with Gasteiger partial charge in [0.25, 0.3) is 0 Å². The first-order valence-corrected chi connectivity index (χ1v) is 6.57. The summed E-state index contributed by atoms with van der Waals surface area (Å²) >= 11 is 0. The fourth-order valence-electron chi connectivity index (χ4n) is 1.97. The molecule has 0 unspecified atom stereocenters. The minimum atomic E-state index is 0.318. The SMILES string of the molecule is CCCCC(CCCC)N(C)CCCO. The van der Waals surface area contributed by atoms with E-state index in [-0.39, 0.29) is 0 Å². The Balaban J connectivity index is 3.84. The zero-order chi connectivity index (χ0) is 11.5. The lowest BCUT2D eigenvalue weighted by Crippen LogP contribution is -2.33. The maximum atomic E-state index is 8.82. The molecule has 0 saturated heterocycles. The van der Waals surface area contributed by atoms with Crippen molar-refractivity contribution in [2.75, 3.05) is 20.2 Å². The second-order valence-corrected chi connectivity index (χ2v) is 4.50. The van der Waals surface area contributed by atoms with E-state index in [1.807, 2.05) is 0 Å². The van der Waals surface area contributed by atoms with Crippen molar-refractivity contribution in [3.8, 4) is 0 Å². The zero-order valence-corrected chi connectivity index (χ0v) is 10.8. The van der Waals surface area contributed by atoms with E-state index in [4.69, 9.17) is 5.11 Å². The molecule has 1 N–H and O–H groups in total. The van der Waals surface area contributed by atoms with Crippen molar-refractivity contribution in [3.05, 3.63) is 0 Å². The van der Waals surface area contributed by atoms with Crippen LogP contribution < -0.4 is 0 Å². The quantitative estimate of drug-likeness (QED) is 0.605. The summed E-state index contributed by atoms with van der Waals surface area (Å²) in [6, 6.07) is 0.733. The van der Waals surface area contributed by atoms with Gasteiger partial charge in [0.05, 0.1) is 0 Å². The normalized spacial score (nSPS) is 11.6. The monoisotopic (exact) mass is 215 g/mol. The lowest BCUT2D eigenvalue weighted by molar-refractivity contribution is 0.187. The smallest absolute Gasteiger partial charge is 0.0443 e. The minimum Gasteiger partial charge on any atom is -0.396 e. The van der Waals surface area contributed by atoms with Crippen LogP contribution in [0.1, 0.15) is 58.8 Å². The van der Waals surface area contributed by atoms with Gasteiger partial charge in [0, 0.05) is 19.2 Å². The Bertz CT molecular complexity index is 120. The summed E-state index contributed by atoms with van der Waals surface area (Å²) in [6.45, 7) is 5.86. The van der Waals surface area contributed by atoms with Crippen molar-refractivity contribution in [3.63, 3.8) is 0 Å². The average Bonchev–Trinajstić information content (AvgIpc) is 2.26. The molecule has 92 valence electrons. The maximum absolute atomic E-state index is 8.82. The van der Waals surface area contributed by atoms with Crippen LogP contribution in [-0.4, -0.2) is 36.2 Å². The van der Waals surface area contributed by atoms with E-state index in [2.05, 4.69) is 25.8 Å². The topological polar surface area (TPSA) is 23.5 Å². The Morgan fingerprint density at radius 1 is 1.00 bits per heavy atom. The molecule has 0 aromatic heterocycles. The second kappa shape index (κ2) is 10.4. The van der Waals surface area contributed by atoms with Gasteiger partial charge in [-0.3, -0.25) is 0 Å². The minimum absolute atomic E-state index is 0.318. The molecule has 0 heterocycles. The van der Waals surface area contributed by atoms with Gasteiger partial charge in [-0.2, -0.15) is 0 Å². The molecule has 15 heavy (non-hydrogen) atoms. The molecule has 2 heteroatoms. The summed E-state index contributed by atoms with van der Waals surface area (Å²) in [6.07, 6.45) is 8.78. The molecule has 0 aliphatic rings. The van der Waals surface area contributed by atoms with Crippen LogP contribution in [0.4, 0.5) is 0 Å². The van der Waals surface area contributed by atoms with Crippen molar-refractivity contribution in [1.82, 2.24) is 4.90 Å². The third-order valence-electron chi connectivity index (χ3n) is 3.07.